The molecule has 7 heteroatoms. The van der Waals surface area contributed by atoms with Crippen molar-refractivity contribution in [1.82, 2.24) is 19.1 Å². The first-order valence-electron chi connectivity index (χ1n) is 11.0. The highest BCUT2D eigenvalue weighted by Crippen LogP contribution is 2.32. The summed E-state index contributed by atoms with van der Waals surface area (Å²) in [6.45, 7) is 0.526. The zero-order valence-corrected chi connectivity index (χ0v) is 17.4. The average Bonchev–Trinajstić information content (AvgIpc) is 3.53. The Labute approximate surface area is 179 Å². The number of aromatic nitrogens is 4. The van der Waals surface area contributed by atoms with E-state index in [1.807, 2.05) is 24.3 Å². The number of aliphatic hydroxyl groups is 1. The SMILES string of the molecule is O=c1c2ccccc2n(Cc2nc3ccc(CCCCCO)cc3[nH]2)c(=O)n1C1CC1. The number of fused-ring (bicyclic) bond motifs is 2. The van der Waals surface area contributed by atoms with Crippen molar-refractivity contribution in [2.45, 2.75) is 51.1 Å². The van der Waals surface area contributed by atoms with Crippen LogP contribution in [0.15, 0.2) is 52.1 Å². The van der Waals surface area contributed by atoms with Crippen molar-refractivity contribution < 1.29 is 5.11 Å². The molecule has 4 aromatic rings. The van der Waals surface area contributed by atoms with Crippen LogP contribution in [-0.2, 0) is 13.0 Å². The lowest BCUT2D eigenvalue weighted by atomic mass is 10.1. The van der Waals surface area contributed by atoms with Gasteiger partial charge in [-0.1, -0.05) is 24.6 Å². The highest BCUT2D eigenvalue weighted by Gasteiger charge is 2.28. The molecule has 0 radical (unpaired) electrons. The summed E-state index contributed by atoms with van der Waals surface area (Å²) < 4.78 is 3.07. The zero-order chi connectivity index (χ0) is 21.4. The highest BCUT2D eigenvalue weighted by atomic mass is 16.3. The van der Waals surface area contributed by atoms with Gasteiger partial charge in [-0.2, -0.15) is 0 Å². The van der Waals surface area contributed by atoms with E-state index >= 15 is 0 Å². The molecule has 31 heavy (non-hydrogen) atoms. The fourth-order valence-corrected chi connectivity index (χ4v) is 4.25. The molecule has 0 unspecified atom stereocenters. The first kappa shape index (κ1) is 19.8. The van der Waals surface area contributed by atoms with Gasteiger partial charge in [-0.15, -0.1) is 0 Å². The summed E-state index contributed by atoms with van der Waals surface area (Å²) in [6, 6.07) is 13.5. The first-order valence-corrected chi connectivity index (χ1v) is 11.0. The van der Waals surface area contributed by atoms with Gasteiger partial charge >= 0.3 is 5.69 Å². The number of aromatic amines is 1. The van der Waals surface area contributed by atoms with Gasteiger partial charge in [0.25, 0.3) is 5.56 Å². The van der Waals surface area contributed by atoms with Crippen LogP contribution >= 0.6 is 0 Å². The Morgan fingerprint density at radius 3 is 2.71 bits per heavy atom. The molecule has 2 aromatic heterocycles. The van der Waals surface area contributed by atoms with Gasteiger partial charge in [0.2, 0.25) is 0 Å². The molecule has 7 nitrogen and oxygen atoms in total. The maximum Gasteiger partial charge on any atom is 0.332 e. The van der Waals surface area contributed by atoms with E-state index in [9.17, 15) is 9.59 Å². The molecule has 1 aliphatic carbocycles. The number of aliphatic hydroxyl groups excluding tert-OH is 1. The topological polar surface area (TPSA) is 92.9 Å². The highest BCUT2D eigenvalue weighted by molar-refractivity contribution is 5.78. The molecule has 0 amide bonds. The summed E-state index contributed by atoms with van der Waals surface area (Å²) >= 11 is 0. The Morgan fingerprint density at radius 2 is 1.90 bits per heavy atom. The van der Waals surface area contributed by atoms with Gasteiger partial charge in [0.1, 0.15) is 5.82 Å². The molecule has 1 fully saturated rings. The van der Waals surface area contributed by atoms with E-state index < -0.39 is 0 Å². The average molecular weight is 418 g/mol. The Kier molecular flexibility index (Phi) is 5.19. The number of unbranched alkanes of at least 4 members (excludes halogenated alkanes) is 2. The van der Waals surface area contributed by atoms with E-state index in [1.54, 1.807) is 10.6 Å². The van der Waals surface area contributed by atoms with Crippen LogP contribution in [0.4, 0.5) is 0 Å². The molecule has 0 spiro atoms. The Hall–Kier alpha value is -3.19. The smallest absolute Gasteiger partial charge is 0.332 e. The molecule has 5 rings (SSSR count). The van der Waals surface area contributed by atoms with Crippen LogP contribution in [0.2, 0.25) is 0 Å². The van der Waals surface area contributed by atoms with Crippen molar-refractivity contribution in [2.24, 2.45) is 0 Å². The maximum absolute atomic E-state index is 13.2. The van der Waals surface area contributed by atoms with Gasteiger partial charge < -0.3 is 10.1 Å². The second-order valence-corrected chi connectivity index (χ2v) is 8.36. The number of nitrogens with one attached hydrogen (secondary N) is 1. The van der Waals surface area contributed by atoms with Gasteiger partial charge in [-0.25, -0.2) is 9.78 Å². The van der Waals surface area contributed by atoms with Gasteiger partial charge in [0.15, 0.2) is 0 Å². The van der Waals surface area contributed by atoms with Crippen LogP contribution in [0.5, 0.6) is 0 Å². The molecule has 160 valence electrons. The molecular weight excluding hydrogens is 392 g/mol. The van der Waals surface area contributed by atoms with Crippen LogP contribution in [0.3, 0.4) is 0 Å². The Bertz CT molecular complexity index is 1360. The molecule has 2 aromatic carbocycles. The van der Waals surface area contributed by atoms with E-state index in [4.69, 9.17) is 5.11 Å². The van der Waals surface area contributed by atoms with Crippen molar-refractivity contribution in [3.05, 3.63) is 74.7 Å². The minimum Gasteiger partial charge on any atom is -0.396 e. The fraction of sp³-hybridized carbons (Fsp3) is 0.375. The predicted octanol–water partition coefficient (Wildman–Crippen LogP) is 3.13. The molecule has 2 N–H and O–H groups in total. The van der Waals surface area contributed by atoms with E-state index in [2.05, 4.69) is 22.1 Å². The molecule has 1 saturated carbocycles. The normalized spacial score (nSPS) is 14.0. The summed E-state index contributed by atoms with van der Waals surface area (Å²) in [5.41, 5.74) is 3.21. The van der Waals surface area contributed by atoms with Crippen molar-refractivity contribution in [3.63, 3.8) is 0 Å². The number of benzene rings is 2. The standard InChI is InChI=1S/C24H26N4O3/c29-13-5-1-2-6-16-9-12-19-20(14-16)26-22(25-19)15-27-21-8-4-3-7-18(21)23(30)28(24(27)31)17-10-11-17/h3-4,7-9,12,14,17,29H,1-2,5-6,10-11,13,15H2,(H,25,26). The number of hydrogen-bond donors (Lipinski definition) is 2. The molecule has 0 saturated heterocycles. The van der Waals surface area contributed by atoms with Gasteiger partial charge in [0.05, 0.1) is 28.5 Å². The quantitative estimate of drug-likeness (QED) is 0.430. The summed E-state index contributed by atoms with van der Waals surface area (Å²) in [7, 11) is 0. The van der Waals surface area contributed by atoms with E-state index in [-0.39, 0.29) is 30.4 Å². The van der Waals surface area contributed by atoms with Crippen molar-refractivity contribution in [2.75, 3.05) is 6.61 Å². The number of hydrogen-bond acceptors (Lipinski definition) is 4. The molecule has 0 bridgehead atoms. The lowest BCUT2D eigenvalue weighted by Crippen LogP contribution is -2.39. The minimum atomic E-state index is -0.267. The van der Waals surface area contributed by atoms with Crippen molar-refractivity contribution in [3.8, 4) is 0 Å². The first-order chi connectivity index (χ1) is 15.2. The summed E-state index contributed by atoms with van der Waals surface area (Å²) in [5, 5.41) is 9.49. The fourth-order valence-electron chi connectivity index (χ4n) is 4.25. The Balaban J connectivity index is 1.50. The van der Waals surface area contributed by atoms with Crippen LogP contribution < -0.4 is 11.2 Å². The molecule has 0 atom stereocenters. The Morgan fingerprint density at radius 1 is 1.06 bits per heavy atom. The minimum absolute atomic E-state index is 0.0138. The second kappa shape index (κ2) is 8.15. The number of aryl methyl sites for hydroxylation is 1. The van der Waals surface area contributed by atoms with Crippen LogP contribution in [0.25, 0.3) is 21.9 Å². The third-order valence-corrected chi connectivity index (χ3v) is 6.02. The maximum atomic E-state index is 13.2. The van der Waals surface area contributed by atoms with Crippen molar-refractivity contribution >= 4 is 21.9 Å². The monoisotopic (exact) mass is 418 g/mol. The van der Waals surface area contributed by atoms with E-state index in [0.717, 1.165) is 49.6 Å². The number of nitrogens with zero attached hydrogens (tertiary/aromatic N) is 3. The third kappa shape index (κ3) is 3.81. The van der Waals surface area contributed by atoms with Gasteiger partial charge in [-0.05, 0) is 61.9 Å². The van der Waals surface area contributed by atoms with Gasteiger partial charge in [0, 0.05) is 12.6 Å². The number of imidazole rings is 1. The molecular formula is C24H26N4O3. The predicted molar refractivity (Wildman–Crippen MR) is 121 cm³/mol. The molecule has 0 aliphatic heterocycles. The van der Waals surface area contributed by atoms with Crippen LogP contribution in [0.1, 0.15) is 49.5 Å². The second-order valence-electron chi connectivity index (χ2n) is 8.36. The summed E-state index contributed by atoms with van der Waals surface area (Å²) in [6.07, 6.45) is 5.59. The number of rotatable bonds is 8. The third-order valence-electron chi connectivity index (χ3n) is 6.02. The lowest BCUT2D eigenvalue weighted by molar-refractivity contribution is 0.283. The molecule has 1 aliphatic rings. The zero-order valence-electron chi connectivity index (χ0n) is 17.4. The van der Waals surface area contributed by atoms with Crippen LogP contribution in [-0.4, -0.2) is 30.8 Å². The lowest BCUT2D eigenvalue weighted by Gasteiger charge is -2.12. The largest absolute Gasteiger partial charge is 0.396 e. The molecule has 2 heterocycles. The number of para-hydroxylation sites is 1. The van der Waals surface area contributed by atoms with Gasteiger partial charge in [-0.3, -0.25) is 13.9 Å². The summed E-state index contributed by atoms with van der Waals surface area (Å²) in [4.78, 5) is 34.1. The summed E-state index contributed by atoms with van der Waals surface area (Å²) in [5.74, 6) is 0.695. The van der Waals surface area contributed by atoms with E-state index in [0.29, 0.717) is 16.7 Å². The van der Waals surface area contributed by atoms with Crippen molar-refractivity contribution in [1.29, 1.82) is 0 Å². The number of H-pyrrole nitrogens is 1. The van der Waals surface area contributed by atoms with Crippen LogP contribution in [0, 0.1) is 0 Å². The van der Waals surface area contributed by atoms with E-state index in [1.165, 1.54) is 10.1 Å².